The Labute approximate surface area is 152 Å². The maximum Gasteiger partial charge on any atom is 0.241 e. The molecule has 2 rings (SSSR count). The van der Waals surface area contributed by atoms with E-state index in [2.05, 4.69) is 10.6 Å². The van der Waals surface area contributed by atoms with Gasteiger partial charge in [0.2, 0.25) is 11.8 Å². The van der Waals surface area contributed by atoms with E-state index in [1.54, 1.807) is 50.2 Å². The normalized spacial score (nSPS) is 11.7. The van der Waals surface area contributed by atoms with E-state index in [0.29, 0.717) is 17.1 Å². The number of amides is 2. The average Bonchev–Trinajstić information content (AvgIpc) is 2.63. The second-order valence-corrected chi connectivity index (χ2v) is 5.87. The highest BCUT2D eigenvalue weighted by Crippen LogP contribution is 2.17. The Morgan fingerprint density at radius 3 is 2.46 bits per heavy atom. The zero-order chi connectivity index (χ0) is 19.1. The summed E-state index contributed by atoms with van der Waals surface area (Å²) in [5.41, 5.74) is 1.11. The Bertz CT molecular complexity index is 765. The minimum atomic E-state index is -0.528. The molecule has 0 aliphatic heterocycles. The number of carbonyl (C=O) groups excluding carboxylic acids is 2. The third-order valence-electron chi connectivity index (χ3n) is 3.90. The highest BCUT2D eigenvalue weighted by atomic mass is 19.1. The molecule has 2 aromatic rings. The van der Waals surface area contributed by atoms with Crippen molar-refractivity contribution in [3.63, 3.8) is 0 Å². The second kappa shape index (κ2) is 8.96. The number of hydrogen-bond donors (Lipinski definition) is 2. The van der Waals surface area contributed by atoms with Gasteiger partial charge in [-0.25, -0.2) is 4.39 Å². The van der Waals surface area contributed by atoms with Crippen LogP contribution < -0.4 is 15.4 Å². The van der Waals surface area contributed by atoms with Crippen LogP contribution in [0.2, 0.25) is 0 Å². The van der Waals surface area contributed by atoms with Crippen LogP contribution in [-0.2, 0) is 9.59 Å². The molecule has 1 atom stereocenters. The maximum absolute atomic E-state index is 12.9. The predicted molar refractivity (Wildman–Crippen MR) is 98.7 cm³/mol. The fraction of sp³-hybridized carbons (Fsp3) is 0.263. The number of benzene rings is 2. The number of nitrogens with zero attached hydrogens (tertiary/aromatic N) is 1. The lowest BCUT2D eigenvalue weighted by Gasteiger charge is -2.23. The molecular formula is C19H22FN3O3. The summed E-state index contributed by atoms with van der Waals surface area (Å²) in [4.78, 5) is 26.1. The monoisotopic (exact) mass is 359 g/mol. The summed E-state index contributed by atoms with van der Waals surface area (Å²) in [5, 5.41) is 5.46. The van der Waals surface area contributed by atoms with Crippen molar-refractivity contribution in [1.82, 2.24) is 4.90 Å². The van der Waals surface area contributed by atoms with Crippen molar-refractivity contribution in [1.29, 1.82) is 0 Å². The molecule has 0 saturated heterocycles. The molecular weight excluding hydrogens is 337 g/mol. The zero-order valence-corrected chi connectivity index (χ0v) is 15.0. The highest BCUT2D eigenvalue weighted by molar-refractivity contribution is 5.96. The van der Waals surface area contributed by atoms with Gasteiger partial charge in [0.15, 0.2) is 0 Å². The largest absolute Gasteiger partial charge is 0.497 e. The topological polar surface area (TPSA) is 70.7 Å². The number of likely N-dealkylation sites (N-methyl/N-ethyl adjacent to an activating group) is 1. The fourth-order valence-electron chi connectivity index (χ4n) is 2.24. The first-order valence-electron chi connectivity index (χ1n) is 8.09. The first-order valence-corrected chi connectivity index (χ1v) is 8.09. The summed E-state index contributed by atoms with van der Waals surface area (Å²) in [7, 11) is 3.23. The van der Waals surface area contributed by atoms with Gasteiger partial charge in [-0.1, -0.05) is 6.07 Å². The van der Waals surface area contributed by atoms with Crippen LogP contribution in [0.25, 0.3) is 0 Å². The van der Waals surface area contributed by atoms with Gasteiger partial charge in [-0.3, -0.25) is 14.5 Å². The smallest absolute Gasteiger partial charge is 0.241 e. The van der Waals surface area contributed by atoms with Crippen LogP contribution >= 0.6 is 0 Å². The summed E-state index contributed by atoms with van der Waals surface area (Å²) in [5.74, 6) is -0.263. The van der Waals surface area contributed by atoms with Gasteiger partial charge in [0.1, 0.15) is 11.6 Å². The maximum atomic E-state index is 12.9. The summed E-state index contributed by atoms with van der Waals surface area (Å²) in [6.45, 7) is 1.73. The zero-order valence-electron chi connectivity index (χ0n) is 15.0. The van der Waals surface area contributed by atoms with Gasteiger partial charge in [-0.15, -0.1) is 0 Å². The molecule has 0 heterocycles. The molecule has 0 radical (unpaired) electrons. The third kappa shape index (κ3) is 5.56. The number of methoxy groups -OCH3 is 1. The molecule has 0 aromatic heterocycles. The Kier molecular flexibility index (Phi) is 6.68. The highest BCUT2D eigenvalue weighted by Gasteiger charge is 2.20. The number of ether oxygens (including phenoxy) is 1. The molecule has 6 nitrogen and oxygen atoms in total. The lowest BCUT2D eigenvalue weighted by molar-refractivity contribution is -0.122. The molecule has 0 saturated carbocycles. The van der Waals surface area contributed by atoms with E-state index in [4.69, 9.17) is 4.74 Å². The summed E-state index contributed by atoms with van der Waals surface area (Å²) < 4.78 is 18.0. The molecule has 0 aliphatic carbocycles. The number of hydrogen-bond acceptors (Lipinski definition) is 4. The molecule has 1 unspecified atom stereocenters. The van der Waals surface area contributed by atoms with Crippen LogP contribution in [0.3, 0.4) is 0 Å². The lowest BCUT2D eigenvalue weighted by atomic mass is 10.2. The van der Waals surface area contributed by atoms with Gasteiger partial charge in [0, 0.05) is 17.4 Å². The first kappa shape index (κ1) is 19.4. The van der Waals surface area contributed by atoms with Gasteiger partial charge in [0.25, 0.3) is 0 Å². The molecule has 2 N–H and O–H groups in total. The Morgan fingerprint density at radius 1 is 1.12 bits per heavy atom. The Morgan fingerprint density at radius 2 is 1.81 bits per heavy atom. The number of nitrogens with one attached hydrogen (secondary N) is 2. The number of anilines is 2. The SMILES string of the molecule is COc1cccc(NC(=O)C(C)N(C)CC(=O)Nc2ccc(F)cc2)c1. The number of rotatable bonds is 7. The van der Waals surface area contributed by atoms with Gasteiger partial charge in [-0.05, 0) is 50.4 Å². The van der Waals surface area contributed by atoms with Crippen LogP contribution in [0.5, 0.6) is 5.75 Å². The van der Waals surface area contributed by atoms with Crippen molar-refractivity contribution in [2.24, 2.45) is 0 Å². The van der Waals surface area contributed by atoms with Crippen molar-refractivity contribution in [2.45, 2.75) is 13.0 Å². The van der Waals surface area contributed by atoms with Gasteiger partial charge in [0.05, 0.1) is 19.7 Å². The lowest BCUT2D eigenvalue weighted by Crippen LogP contribution is -2.43. The van der Waals surface area contributed by atoms with E-state index in [1.807, 2.05) is 0 Å². The Balaban J connectivity index is 1.88. The fourth-order valence-corrected chi connectivity index (χ4v) is 2.24. The van der Waals surface area contributed by atoms with E-state index in [-0.39, 0.29) is 24.2 Å². The minimum Gasteiger partial charge on any atom is -0.497 e. The number of halogens is 1. The van der Waals surface area contributed by atoms with Crippen LogP contribution in [0.4, 0.5) is 15.8 Å². The number of carbonyl (C=O) groups is 2. The van der Waals surface area contributed by atoms with E-state index >= 15 is 0 Å². The molecule has 2 aromatic carbocycles. The second-order valence-electron chi connectivity index (χ2n) is 5.87. The molecule has 2 amide bonds. The van der Waals surface area contributed by atoms with Crippen molar-refractivity contribution in [3.8, 4) is 5.75 Å². The van der Waals surface area contributed by atoms with Crippen molar-refractivity contribution < 1.29 is 18.7 Å². The quantitative estimate of drug-likeness (QED) is 0.797. The van der Waals surface area contributed by atoms with Crippen LogP contribution in [0.15, 0.2) is 48.5 Å². The molecule has 0 aliphatic rings. The predicted octanol–water partition coefficient (Wildman–Crippen LogP) is 2.73. The summed E-state index contributed by atoms with van der Waals surface area (Å²) in [6, 6.07) is 12.0. The molecule has 7 heteroatoms. The van der Waals surface area contributed by atoms with Crippen molar-refractivity contribution >= 4 is 23.2 Å². The van der Waals surface area contributed by atoms with Crippen molar-refractivity contribution in [2.75, 3.05) is 31.3 Å². The molecule has 0 fully saturated rings. The van der Waals surface area contributed by atoms with E-state index in [0.717, 1.165) is 0 Å². The van der Waals surface area contributed by atoms with Gasteiger partial charge >= 0.3 is 0 Å². The van der Waals surface area contributed by atoms with Crippen LogP contribution in [0.1, 0.15) is 6.92 Å². The minimum absolute atomic E-state index is 0.0179. The molecule has 26 heavy (non-hydrogen) atoms. The third-order valence-corrected chi connectivity index (χ3v) is 3.90. The van der Waals surface area contributed by atoms with Crippen LogP contribution in [0, 0.1) is 5.82 Å². The van der Waals surface area contributed by atoms with E-state index in [1.165, 1.54) is 24.3 Å². The molecule has 0 spiro atoms. The first-order chi connectivity index (χ1) is 12.4. The van der Waals surface area contributed by atoms with Gasteiger partial charge in [-0.2, -0.15) is 0 Å². The standard InChI is InChI=1S/C19H22FN3O3/c1-13(19(25)22-16-5-4-6-17(11-16)26-3)23(2)12-18(24)21-15-9-7-14(20)8-10-15/h4-11,13H,12H2,1-3H3,(H,21,24)(H,22,25). The molecule has 138 valence electrons. The summed E-state index contributed by atoms with van der Waals surface area (Å²) >= 11 is 0. The van der Waals surface area contributed by atoms with Crippen molar-refractivity contribution in [3.05, 3.63) is 54.3 Å². The van der Waals surface area contributed by atoms with E-state index < -0.39 is 6.04 Å². The summed E-state index contributed by atoms with van der Waals surface area (Å²) in [6.07, 6.45) is 0. The molecule has 0 bridgehead atoms. The Hall–Kier alpha value is -2.93. The van der Waals surface area contributed by atoms with Crippen LogP contribution in [-0.4, -0.2) is 43.5 Å². The van der Waals surface area contributed by atoms with Gasteiger partial charge < -0.3 is 15.4 Å². The van der Waals surface area contributed by atoms with E-state index in [9.17, 15) is 14.0 Å². The average molecular weight is 359 g/mol.